The van der Waals surface area contributed by atoms with Gasteiger partial charge in [-0.3, -0.25) is 0 Å². The van der Waals surface area contributed by atoms with E-state index in [1.807, 2.05) is 6.92 Å². The first-order valence-electron chi connectivity index (χ1n) is 5.93. The van der Waals surface area contributed by atoms with Crippen molar-refractivity contribution in [3.8, 4) is 0 Å². The monoisotopic (exact) mass is 292 g/mol. The average Bonchev–Trinajstić information content (AvgIpc) is 2.33. The van der Waals surface area contributed by atoms with E-state index in [0.29, 0.717) is 4.90 Å². The number of carboxylic acids is 1. The van der Waals surface area contributed by atoms with Crippen molar-refractivity contribution in [2.75, 3.05) is 5.75 Å². The van der Waals surface area contributed by atoms with Gasteiger partial charge in [0.05, 0.1) is 11.1 Å². The van der Waals surface area contributed by atoms with Crippen LogP contribution in [0.5, 0.6) is 0 Å². The first kappa shape index (κ1) is 15.9. The lowest BCUT2D eigenvalue weighted by Crippen LogP contribution is -2.12. The Balaban J connectivity index is 2.90. The Morgan fingerprint density at radius 1 is 1.32 bits per heavy atom. The minimum absolute atomic E-state index is 0.452. The fourth-order valence-electron chi connectivity index (χ4n) is 1.58. The van der Waals surface area contributed by atoms with Crippen molar-refractivity contribution in [3.05, 3.63) is 29.3 Å². The molecule has 0 aliphatic rings. The molecule has 0 unspecified atom stereocenters. The van der Waals surface area contributed by atoms with Crippen LogP contribution in [-0.2, 0) is 6.18 Å². The third-order valence-electron chi connectivity index (χ3n) is 2.54. The number of halogens is 3. The molecule has 1 aromatic rings. The number of hydrogen-bond donors (Lipinski definition) is 1. The molecule has 0 spiro atoms. The van der Waals surface area contributed by atoms with Crippen LogP contribution >= 0.6 is 11.8 Å². The highest BCUT2D eigenvalue weighted by atomic mass is 32.2. The van der Waals surface area contributed by atoms with Gasteiger partial charge in [0, 0.05) is 4.90 Å². The first-order valence-corrected chi connectivity index (χ1v) is 6.92. The summed E-state index contributed by atoms with van der Waals surface area (Å²) in [5.74, 6) is -0.827. The maximum absolute atomic E-state index is 12.8. The van der Waals surface area contributed by atoms with Crippen LogP contribution < -0.4 is 0 Å². The molecule has 0 heterocycles. The van der Waals surface area contributed by atoms with Gasteiger partial charge in [-0.1, -0.05) is 19.8 Å². The molecule has 2 nitrogen and oxygen atoms in total. The lowest BCUT2D eigenvalue weighted by atomic mass is 10.1. The smallest absolute Gasteiger partial charge is 0.417 e. The Kier molecular flexibility index (Phi) is 5.72. The van der Waals surface area contributed by atoms with Crippen LogP contribution in [0, 0.1) is 0 Å². The van der Waals surface area contributed by atoms with Gasteiger partial charge in [-0.05, 0) is 30.4 Å². The molecule has 1 N–H and O–H groups in total. The largest absolute Gasteiger partial charge is 0.478 e. The molecule has 0 aliphatic heterocycles. The van der Waals surface area contributed by atoms with Crippen LogP contribution in [0.4, 0.5) is 13.2 Å². The predicted octanol–water partition coefficient (Wildman–Crippen LogP) is 4.69. The molecule has 0 saturated carbocycles. The Morgan fingerprint density at radius 2 is 2.00 bits per heavy atom. The van der Waals surface area contributed by atoms with Gasteiger partial charge >= 0.3 is 12.1 Å². The van der Waals surface area contributed by atoms with Gasteiger partial charge in [-0.2, -0.15) is 13.2 Å². The number of thioether (sulfide) groups is 1. The van der Waals surface area contributed by atoms with Crippen molar-refractivity contribution in [2.24, 2.45) is 0 Å². The fraction of sp³-hybridized carbons (Fsp3) is 0.462. The van der Waals surface area contributed by atoms with Gasteiger partial charge in [0.25, 0.3) is 0 Å². The van der Waals surface area contributed by atoms with E-state index in [4.69, 9.17) is 5.11 Å². The van der Waals surface area contributed by atoms with E-state index >= 15 is 0 Å². The van der Waals surface area contributed by atoms with Crippen LogP contribution in [0.15, 0.2) is 23.1 Å². The van der Waals surface area contributed by atoms with Gasteiger partial charge in [-0.25, -0.2) is 4.79 Å². The second-order valence-electron chi connectivity index (χ2n) is 4.07. The Hall–Kier alpha value is -1.17. The molecule has 0 aliphatic carbocycles. The molecule has 1 aromatic carbocycles. The molecule has 0 radical (unpaired) electrons. The Labute approximate surface area is 114 Å². The van der Waals surface area contributed by atoms with E-state index in [-0.39, 0.29) is 0 Å². The van der Waals surface area contributed by atoms with E-state index < -0.39 is 23.3 Å². The summed E-state index contributed by atoms with van der Waals surface area (Å²) >= 11 is 1.32. The molecular weight excluding hydrogens is 277 g/mol. The number of hydrogen-bond acceptors (Lipinski definition) is 2. The summed E-state index contributed by atoms with van der Waals surface area (Å²) in [5.41, 5.74) is -1.79. The summed E-state index contributed by atoms with van der Waals surface area (Å²) in [7, 11) is 0. The van der Waals surface area contributed by atoms with Crippen molar-refractivity contribution in [3.63, 3.8) is 0 Å². The highest BCUT2D eigenvalue weighted by Gasteiger charge is 2.35. The van der Waals surface area contributed by atoms with Crippen molar-refractivity contribution < 1.29 is 23.1 Å². The molecule has 19 heavy (non-hydrogen) atoms. The highest BCUT2D eigenvalue weighted by molar-refractivity contribution is 7.99. The minimum atomic E-state index is -4.65. The second kappa shape index (κ2) is 6.84. The molecule has 0 bridgehead atoms. The molecule has 1 rings (SSSR count). The first-order chi connectivity index (χ1) is 8.86. The summed E-state index contributed by atoms with van der Waals surface area (Å²) in [6.07, 6.45) is -1.63. The van der Waals surface area contributed by atoms with Crippen LogP contribution in [0.3, 0.4) is 0 Å². The summed E-state index contributed by atoms with van der Waals surface area (Å²) in [6.45, 7) is 2.05. The molecule has 106 valence electrons. The van der Waals surface area contributed by atoms with Crippen LogP contribution in [0.1, 0.15) is 42.1 Å². The summed E-state index contributed by atoms with van der Waals surface area (Å²) < 4.78 is 38.3. The number of carbonyl (C=O) groups is 1. The lowest BCUT2D eigenvalue weighted by Gasteiger charge is -2.12. The maximum atomic E-state index is 12.8. The van der Waals surface area contributed by atoms with E-state index in [2.05, 4.69) is 0 Å². The third kappa shape index (κ3) is 4.78. The molecule has 0 amide bonds. The molecular formula is C13H15F3O2S. The summed E-state index contributed by atoms with van der Waals surface area (Å²) in [6, 6.07) is 3.36. The molecule has 0 saturated heterocycles. The van der Waals surface area contributed by atoms with Crippen molar-refractivity contribution in [1.29, 1.82) is 0 Å². The second-order valence-corrected chi connectivity index (χ2v) is 5.23. The molecule has 6 heteroatoms. The van der Waals surface area contributed by atoms with Gasteiger partial charge in [-0.15, -0.1) is 11.8 Å². The van der Waals surface area contributed by atoms with E-state index in [1.165, 1.54) is 17.8 Å². The van der Waals surface area contributed by atoms with Crippen LogP contribution in [0.25, 0.3) is 0 Å². The van der Waals surface area contributed by atoms with Gasteiger partial charge in [0.15, 0.2) is 0 Å². The number of benzene rings is 1. The standard InChI is InChI=1S/C13H15F3O2S/c1-2-3-4-7-19-9-5-6-10(12(17)18)11(8-9)13(14,15)16/h5-6,8H,2-4,7H2,1H3,(H,17,18). The maximum Gasteiger partial charge on any atom is 0.417 e. The van der Waals surface area contributed by atoms with E-state index in [9.17, 15) is 18.0 Å². The molecule has 0 aromatic heterocycles. The number of unbranched alkanes of at least 4 members (excludes halogenated alkanes) is 2. The number of aromatic carboxylic acids is 1. The molecule has 0 fully saturated rings. The quantitative estimate of drug-likeness (QED) is 0.610. The predicted molar refractivity (Wildman–Crippen MR) is 68.7 cm³/mol. The van der Waals surface area contributed by atoms with Crippen LogP contribution in [-0.4, -0.2) is 16.8 Å². The zero-order valence-electron chi connectivity index (χ0n) is 10.5. The van der Waals surface area contributed by atoms with E-state index in [1.54, 1.807) is 0 Å². The Bertz CT molecular complexity index is 444. The third-order valence-corrected chi connectivity index (χ3v) is 3.62. The van der Waals surface area contributed by atoms with Gasteiger partial charge < -0.3 is 5.11 Å². The average molecular weight is 292 g/mol. The summed E-state index contributed by atoms with van der Waals surface area (Å²) in [4.78, 5) is 11.2. The number of rotatable bonds is 6. The Morgan fingerprint density at radius 3 is 2.53 bits per heavy atom. The number of carboxylic acid groups (broad SMARTS) is 1. The van der Waals surface area contributed by atoms with Crippen molar-refractivity contribution in [2.45, 2.75) is 37.3 Å². The SMILES string of the molecule is CCCCCSc1ccc(C(=O)O)c(C(F)(F)F)c1. The summed E-state index contributed by atoms with van der Waals surface area (Å²) in [5, 5.41) is 8.76. The fourth-order valence-corrected chi connectivity index (χ4v) is 2.53. The lowest BCUT2D eigenvalue weighted by molar-refractivity contribution is -0.138. The zero-order valence-corrected chi connectivity index (χ0v) is 11.3. The van der Waals surface area contributed by atoms with Crippen molar-refractivity contribution in [1.82, 2.24) is 0 Å². The van der Waals surface area contributed by atoms with Crippen LogP contribution in [0.2, 0.25) is 0 Å². The topological polar surface area (TPSA) is 37.3 Å². The highest BCUT2D eigenvalue weighted by Crippen LogP contribution is 2.35. The van der Waals surface area contributed by atoms with E-state index in [0.717, 1.165) is 37.1 Å². The van der Waals surface area contributed by atoms with Crippen molar-refractivity contribution >= 4 is 17.7 Å². The van der Waals surface area contributed by atoms with Gasteiger partial charge in [0.1, 0.15) is 0 Å². The normalized spacial score (nSPS) is 11.6. The molecule has 0 atom stereocenters. The minimum Gasteiger partial charge on any atom is -0.478 e. The van der Waals surface area contributed by atoms with Gasteiger partial charge in [0.2, 0.25) is 0 Å². The zero-order chi connectivity index (χ0) is 14.5. The number of alkyl halides is 3.